The van der Waals surface area contributed by atoms with Crippen LogP contribution in [0.3, 0.4) is 0 Å². The van der Waals surface area contributed by atoms with Crippen molar-refractivity contribution in [2.75, 3.05) is 11.9 Å². The van der Waals surface area contributed by atoms with Crippen molar-refractivity contribution in [2.24, 2.45) is 5.92 Å². The Morgan fingerprint density at radius 1 is 1.45 bits per heavy atom. The second-order valence-corrected chi connectivity index (χ2v) is 6.58. The van der Waals surface area contributed by atoms with Crippen molar-refractivity contribution in [1.29, 1.82) is 0 Å². The number of carboxylic acid groups (broad SMARTS) is 1. The molecule has 0 heterocycles. The van der Waals surface area contributed by atoms with E-state index < -0.39 is 11.6 Å². The topological polar surface area (TPSA) is 69.6 Å². The Kier molecular flexibility index (Phi) is 4.94. The molecule has 0 spiro atoms. The molecule has 4 nitrogen and oxygen atoms in total. The maximum atomic E-state index is 10.9. The van der Waals surface area contributed by atoms with E-state index in [1.807, 2.05) is 12.1 Å². The first-order valence-corrected chi connectivity index (χ1v) is 7.71. The van der Waals surface area contributed by atoms with Gasteiger partial charge in [-0.1, -0.05) is 11.6 Å². The van der Waals surface area contributed by atoms with E-state index in [2.05, 4.69) is 21.2 Å². The maximum absolute atomic E-state index is 10.9. The molecule has 2 rings (SSSR count). The van der Waals surface area contributed by atoms with Crippen LogP contribution in [0.25, 0.3) is 0 Å². The van der Waals surface area contributed by atoms with Gasteiger partial charge in [0.05, 0.1) is 16.5 Å². The Labute approximate surface area is 131 Å². The lowest BCUT2D eigenvalue weighted by atomic mass is 9.79. The van der Waals surface area contributed by atoms with E-state index in [-0.39, 0.29) is 5.92 Å². The maximum Gasteiger partial charge on any atom is 0.306 e. The summed E-state index contributed by atoms with van der Waals surface area (Å²) < 4.78 is 0.824. The van der Waals surface area contributed by atoms with Gasteiger partial charge in [-0.2, -0.15) is 0 Å². The zero-order chi connectivity index (χ0) is 14.8. The van der Waals surface area contributed by atoms with Crippen molar-refractivity contribution in [1.82, 2.24) is 0 Å². The molecule has 20 heavy (non-hydrogen) atoms. The molecule has 0 atom stereocenters. The summed E-state index contributed by atoms with van der Waals surface area (Å²) in [6.45, 7) is 0.400. The molecule has 1 fully saturated rings. The lowest BCUT2D eigenvalue weighted by Gasteiger charge is -2.35. The van der Waals surface area contributed by atoms with E-state index in [1.54, 1.807) is 6.07 Å². The highest BCUT2D eigenvalue weighted by molar-refractivity contribution is 9.10. The molecule has 0 saturated heterocycles. The highest BCUT2D eigenvalue weighted by Crippen LogP contribution is 2.33. The third-order valence-corrected chi connectivity index (χ3v) is 5.04. The number of nitrogens with one attached hydrogen (secondary N) is 1. The minimum atomic E-state index is -0.842. The highest BCUT2D eigenvalue weighted by Gasteiger charge is 2.35. The monoisotopic (exact) mass is 361 g/mol. The number of halogens is 2. The van der Waals surface area contributed by atoms with Gasteiger partial charge in [-0.15, -0.1) is 0 Å². The molecule has 110 valence electrons. The molecule has 0 amide bonds. The van der Waals surface area contributed by atoms with E-state index in [0.29, 0.717) is 37.3 Å². The van der Waals surface area contributed by atoms with Gasteiger partial charge in [-0.05, 0) is 59.8 Å². The van der Waals surface area contributed by atoms with E-state index >= 15 is 0 Å². The summed E-state index contributed by atoms with van der Waals surface area (Å²) in [6.07, 6.45) is 2.05. The molecule has 0 radical (unpaired) electrons. The van der Waals surface area contributed by atoms with Gasteiger partial charge in [0.1, 0.15) is 0 Å². The van der Waals surface area contributed by atoms with Crippen molar-refractivity contribution in [3.05, 3.63) is 27.7 Å². The van der Waals surface area contributed by atoms with E-state index in [0.717, 1.165) is 10.2 Å². The van der Waals surface area contributed by atoms with Crippen LogP contribution >= 0.6 is 27.5 Å². The highest BCUT2D eigenvalue weighted by atomic mass is 79.9. The van der Waals surface area contributed by atoms with Crippen LogP contribution < -0.4 is 5.32 Å². The fraction of sp³-hybridized carbons (Fsp3) is 0.500. The fourth-order valence-electron chi connectivity index (χ4n) is 2.45. The van der Waals surface area contributed by atoms with E-state index in [9.17, 15) is 9.90 Å². The van der Waals surface area contributed by atoms with Crippen LogP contribution in [-0.4, -0.2) is 28.3 Å². The van der Waals surface area contributed by atoms with E-state index in [1.165, 1.54) is 0 Å². The average Bonchev–Trinajstić information content (AvgIpc) is 2.41. The molecule has 3 N–H and O–H groups in total. The molecular formula is C14H17BrClNO3. The second-order valence-electron chi connectivity index (χ2n) is 5.32. The predicted molar refractivity (Wildman–Crippen MR) is 82.2 cm³/mol. The number of carbonyl (C=O) groups is 1. The Morgan fingerprint density at radius 2 is 2.10 bits per heavy atom. The van der Waals surface area contributed by atoms with Crippen LogP contribution in [-0.2, 0) is 4.79 Å². The molecule has 1 aromatic rings. The van der Waals surface area contributed by atoms with Gasteiger partial charge in [0.25, 0.3) is 0 Å². The normalized spacial score (nSPS) is 26.2. The van der Waals surface area contributed by atoms with Crippen molar-refractivity contribution >= 4 is 39.2 Å². The average molecular weight is 363 g/mol. The third kappa shape index (κ3) is 3.87. The van der Waals surface area contributed by atoms with Crippen LogP contribution in [0.5, 0.6) is 0 Å². The van der Waals surface area contributed by atoms with Crippen LogP contribution in [0.15, 0.2) is 22.7 Å². The predicted octanol–water partition coefficient (Wildman–Crippen LogP) is 3.52. The number of rotatable bonds is 4. The smallest absolute Gasteiger partial charge is 0.306 e. The first-order chi connectivity index (χ1) is 9.39. The van der Waals surface area contributed by atoms with Crippen LogP contribution in [0.1, 0.15) is 25.7 Å². The molecule has 0 aromatic heterocycles. The largest absolute Gasteiger partial charge is 0.481 e. The molecule has 1 aliphatic rings. The molecule has 1 aromatic carbocycles. The van der Waals surface area contributed by atoms with Crippen molar-refractivity contribution < 1.29 is 15.0 Å². The van der Waals surface area contributed by atoms with Crippen molar-refractivity contribution in [3.63, 3.8) is 0 Å². The second kappa shape index (κ2) is 6.33. The first-order valence-electron chi connectivity index (χ1n) is 6.54. The fourth-order valence-corrected chi connectivity index (χ4v) is 2.88. The standard InChI is InChI=1S/C14H17BrClNO3/c15-11-2-1-10(7-12(11)16)17-8-14(20)5-3-9(4-6-14)13(18)19/h1-2,7,9,17,20H,3-6,8H2,(H,18,19). The number of hydrogen-bond donors (Lipinski definition) is 3. The zero-order valence-electron chi connectivity index (χ0n) is 10.9. The van der Waals surface area contributed by atoms with Gasteiger partial charge in [-0.25, -0.2) is 0 Å². The Bertz CT molecular complexity index is 501. The number of benzene rings is 1. The minimum Gasteiger partial charge on any atom is -0.481 e. The van der Waals surface area contributed by atoms with Gasteiger partial charge < -0.3 is 15.5 Å². The summed E-state index contributed by atoms with van der Waals surface area (Å²) in [5.74, 6) is -1.09. The van der Waals surface area contributed by atoms with Gasteiger partial charge in [0.2, 0.25) is 0 Å². The number of aliphatic hydroxyl groups is 1. The number of aliphatic carboxylic acids is 1. The molecule has 0 bridgehead atoms. The van der Waals surface area contributed by atoms with Crippen LogP contribution in [0, 0.1) is 5.92 Å². The number of anilines is 1. The van der Waals surface area contributed by atoms with Crippen molar-refractivity contribution in [2.45, 2.75) is 31.3 Å². The SMILES string of the molecule is O=C(O)C1CCC(O)(CNc2ccc(Br)c(Cl)c2)CC1. The molecule has 6 heteroatoms. The molecular weight excluding hydrogens is 346 g/mol. The molecule has 0 unspecified atom stereocenters. The van der Waals surface area contributed by atoms with Gasteiger partial charge >= 0.3 is 5.97 Å². The summed E-state index contributed by atoms with van der Waals surface area (Å²) >= 11 is 9.33. The summed E-state index contributed by atoms with van der Waals surface area (Å²) in [4.78, 5) is 10.9. The summed E-state index contributed by atoms with van der Waals surface area (Å²) in [7, 11) is 0. The number of carboxylic acids is 1. The van der Waals surface area contributed by atoms with Gasteiger partial charge in [-0.3, -0.25) is 4.79 Å². The molecule has 1 aliphatic carbocycles. The molecule has 1 saturated carbocycles. The zero-order valence-corrected chi connectivity index (χ0v) is 13.2. The third-order valence-electron chi connectivity index (χ3n) is 3.81. The van der Waals surface area contributed by atoms with Crippen LogP contribution in [0.2, 0.25) is 5.02 Å². The van der Waals surface area contributed by atoms with Gasteiger partial charge in [0.15, 0.2) is 0 Å². The van der Waals surface area contributed by atoms with E-state index in [4.69, 9.17) is 16.7 Å². The van der Waals surface area contributed by atoms with Crippen molar-refractivity contribution in [3.8, 4) is 0 Å². The molecule has 0 aliphatic heterocycles. The Hall–Kier alpha value is -0.780. The Morgan fingerprint density at radius 3 is 2.65 bits per heavy atom. The minimum absolute atomic E-state index is 0.322. The van der Waals surface area contributed by atoms with Crippen LogP contribution in [0.4, 0.5) is 5.69 Å². The summed E-state index contributed by atoms with van der Waals surface area (Å²) in [6, 6.07) is 5.51. The van der Waals surface area contributed by atoms with Gasteiger partial charge in [0, 0.05) is 16.7 Å². The summed E-state index contributed by atoms with van der Waals surface area (Å²) in [5, 5.41) is 23.2. The quantitative estimate of drug-likeness (QED) is 0.766. The Balaban J connectivity index is 1.90. The lowest BCUT2D eigenvalue weighted by Crippen LogP contribution is -2.41. The summed E-state index contributed by atoms with van der Waals surface area (Å²) in [5.41, 5.74) is -0.00197. The first kappa shape index (κ1) is 15.6. The lowest BCUT2D eigenvalue weighted by molar-refractivity contribution is -0.144. The number of hydrogen-bond acceptors (Lipinski definition) is 3.